The highest BCUT2D eigenvalue weighted by Gasteiger charge is 2.33. The van der Waals surface area contributed by atoms with E-state index < -0.39 is 26.9 Å². The SMILES string of the molecule is NC(=O)NCC1CCCN(S(=O)(=O)c2ncccc2F)C1. The number of pyridine rings is 1. The number of nitrogens with one attached hydrogen (secondary N) is 1. The molecule has 9 heteroatoms. The number of hydrogen-bond donors (Lipinski definition) is 2. The van der Waals surface area contributed by atoms with Gasteiger partial charge < -0.3 is 11.1 Å². The van der Waals surface area contributed by atoms with Crippen LogP contribution in [0.3, 0.4) is 0 Å². The van der Waals surface area contributed by atoms with Crippen molar-refractivity contribution in [2.45, 2.75) is 17.9 Å². The minimum absolute atomic E-state index is 0.0483. The van der Waals surface area contributed by atoms with Gasteiger partial charge >= 0.3 is 6.03 Å². The first-order chi connectivity index (χ1) is 9.91. The van der Waals surface area contributed by atoms with Crippen LogP contribution in [0.5, 0.6) is 0 Å². The van der Waals surface area contributed by atoms with Crippen LogP contribution < -0.4 is 11.1 Å². The highest BCUT2D eigenvalue weighted by molar-refractivity contribution is 7.89. The lowest BCUT2D eigenvalue weighted by atomic mass is 10.00. The Morgan fingerprint density at radius 3 is 3.00 bits per heavy atom. The maximum absolute atomic E-state index is 13.6. The molecule has 1 aromatic heterocycles. The molecule has 2 amide bonds. The molecule has 1 saturated heterocycles. The van der Waals surface area contributed by atoms with Gasteiger partial charge in [0.15, 0.2) is 5.82 Å². The summed E-state index contributed by atoms with van der Waals surface area (Å²) in [6.45, 7) is 0.816. The fraction of sp³-hybridized carbons (Fsp3) is 0.500. The Morgan fingerprint density at radius 1 is 1.57 bits per heavy atom. The topological polar surface area (TPSA) is 105 Å². The number of sulfonamides is 1. The lowest BCUT2D eigenvalue weighted by Gasteiger charge is -2.31. The fourth-order valence-corrected chi connectivity index (χ4v) is 3.87. The normalized spacial score (nSPS) is 20.1. The average molecular weight is 316 g/mol. The molecule has 0 saturated carbocycles. The van der Waals surface area contributed by atoms with Gasteiger partial charge in [0, 0.05) is 25.8 Å². The molecule has 1 aromatic rings. The van der Waals surface area contributed by atoms with Crippen LogP contribution in [0.1, 0.15) is 12.8 Å². The molecule has 0 aliphatic carbocycles. The molecule has 2 rings (SSSR count). The summed E-state index contributed by atoms with van der Waals surface area (Å²) in [5.74, 6) is -0.914. The second-order valence-electron chi connectivity index (χ2n) is 4.91. The third kappa shape index (κ3) is 3.67. The van der Waals surface area contributed by atoms with Crippen LogP contribution >= 0.6 is 0 Å². The third-order valence-electron chi connectivity index (χ3n) is 3.36. The Morgan fingerprint density at radius 2 is 2.33 bits per heavy atom. The number of nitrogens with zero attached hydrogens (tertiary/aromatic N) is 2. The molecular weight excluding hydrogens is 299 g/mol. The van der Waals surface area contributed by atoms with E-state index in [4.69, 9.17) is 5.73 Å². The smallest absolute Gasteiger partial charge is 0.312 e. The molecule has 1 aliphatic rings. The Labute approximate surface area is 122 Å². The summed E-state index contributed by atoms with van der Waals surface area (Å²) in [5.41, 5.74) is 5.00. The van der Waals surface area contributed by atoms with Crippen molar-refractivity contribution in [1.29, 1.82) is 0 Å². The summed E-state index contributed by atoms with van der Waals surface area (Å²) in [6, 6.07) is 1.76. The first-order valence-electron chi connectivity index (χ1n) is 6.55. The van der Waals surface area contributed by atoms with Gasteiger partial charge in [-0.2, -0.15) is 4.31 Å². The monoisotopic (exact) mass is 316 g/mol. The molecule has 7 nitrogen and oxygen atoms in total. The lowest BCUT2D eigenvalue weighted by molar-refractivity contribution is 0.236. The molecule has 0 spiro atoms. The zero-order valence-corrected chi connectivity index (χ0v) is 12.1. The summed E-state index contributed by atoms with van der Waals surface area (Å²) in [6.07, 6.45) is 2.65. The lowest BCUT2D eigenvalue weighted by Crippen LogP contribution is -2.44. The van der Waals surface area contributed by atoms with Gasteiger partial charge in [0.25, 0.3) is 10.0 Å². The number of nitrogens with two attached hydrogens (primary N) is 1. The number of aromatic nitrogens is 1. The number of carbonyl (C=O) groups excluding carboxylic acids is 1. The van der Waals surface area contributed by atoms with Crippen LogP contribution in [-0.4, -0.2) is 43.4 Å². The minimum Gasteiger partial charge on any atom is -0.352 e. The second-order valence-corrected chi connectivity index (χ2v) is 6.76. The number of primary amides is 1. The van der Waals surface area contributed by atoms with Gasteiger partial charge in [-0.15, -0.1) is 0 Å². The van der Waals surface area contributed by atoms with Crippen molar-refractivity contribution in [2.24, 2.45) is 11.7 Å². The van der Waals surface area contributed by atoms with Crippen molar-refractivity contribution in [2.75, 3.05) is 19.6 Å². The standard InChI is InChI=1S/C12H17FN4O3S/c13-10-4-1-5-15-11(10)21(19,20)17-6-2-3-9(8-17)7-16-12(14)18/h1,4-5,9H,2-3,6-8H2,(H3,14,16,18). The van der Waals surface area contributed by atoms with Crippen LogP contribution in [0.15, 0.2) is 23.4 Å². The summed E-state index contributed by atoms with van der Waals surface area (Å²) in [7, 11) is -3.96. The van der Waals surface area contributed by atoms with E-state index in [0.717, 1.165) is 12.5 Å². The maximum atomic E-state index is 13.6. The van der Waals surface area contributed by atoms with Gasteiger partial charge in [-0.1, -0.05) is 0 Å². The van der Waals surface area contributed by atoms with Crippen molar-refractivity contribution >= 4 is 16.1 Å². The van der Waals surface area contributed by atoms with Gasteiger partial charge in [0.1, 0.15) is 0 Å². The molecule has 1 atom stereocenters. The maximum Gasteiger partial charge on any atom is 0.312 e. The Balaban J connectivity index is 2.13. The molecule has 3 N–H and O–H groups in total. The van der Waals surface area contributed by atoms with Crippen molar-refractivity contribution in [3.63, 3.8) is 0 Å². The van der Waals surface area contributed by atoms with Crippen LogP contribution in [0, 0.1) is 11.7 Å². The number of halogens is 1. The van der Waals surface area contributed by atoms with Gasteiger partial charge in [-0.05, 0) is 30.9 Å². The molecule has 1 fully saturated rings. The molecule has 0 bridgehead atoms. The highest BCUT2D eigenvalue weighted by Crippen LogP contribution is 2.23. The van der Waals surface area contributed by atoms with Crippen molar-refractivity contribution in [3.8, 4) is 0 Å². The van der Waals surface area contributed by atoms with Gasteiger partial charge in [0.05, 0.1) is 0 Å². The van der Waals surface area contributed by atoms with Crippen LogP contribution in [0.2, 0.25) is 0 Å². The molecule has 2 heterocycles. The Kier molecular flexibility index (Phi) is 4.73. The highest BCUT2D eigenvalue weighted by atomic mass is 32.2. The van der Waals surface area contributed by atoms with E-state index in [1.807, 2.05) is 0 Å². The predicted octanol–water partition coefficient (Wildman–Crippen LogP) is 0.290. The number of urea groups is 1. The summed E-state index contributed by atoms with van der Waals surface area (Å²) in [5, 5.41) is 1.90. The quantitative estimate of drug-likeness (QED) is 0.832. The largest absolute Gasteiger partial charge is 0.352 e. The van der Waals surface area contributed by atoms with E-state index in [9.17, 15) is 17.6 Å². The number of hydrogen-bond acceptors (Lipinski definition) is 4. The van der Waals surface area contributed by atoms with E-state index in [-0.39, 0.29) is 12.5 Å². The summed E-state index contributed by atoms with van der Waals surface area (Å²) in [4.78, 5) is 14.3. The molecule has 0 aromatic carbocycles. The number of piperidine rings is 1. The van der Waals surface area contributed by atoms with Crippen LogP contribution in [0.25, 0.3) is 0 Å². The summed E-state index contributed by atoms with van der Waals surface area (Å²) < 4.78 is 39.7. The number of amides is 2. The Bertz CT molecular complexity index is 623. The average Bonchev–Trinajstić information content (AvgIpc) is 2.45. The van der Waals surface area contributed by atoms with Gasteiger partial charge in [0.2, 0.25) is 5.03 Å². The molecule has 0 radical (unpaired) electrons. The number of carbonyl (C=O) groups is 1. The van der Waals surface area contributed by atoms with E-state index >= 15 is 0 Å². The molecule has 1 aliphatic heterocycles. The molecule has 116 valence electrons. The Hall–Kier alpha value is -1.74. The van der Waals surface area contributed by atoms with E-state index in [1.54, 1.807) is 0 Å². The summed E-state index contributed by atoms with van der Waals surface area (Å²) >= 11 is 0. The van der Waals surface area contributed by atoms with Crippen LogP contribution in [0.4, 0.5) is 9.18 Å². The zero-order chi connectivity index (χ0) is 15.5. The third-order valence-corrected chi connectivity index (χ3v) is 5.16. The van der Waals surface area contributed by atoms with Crippen LogP contribution in [-0.2, 0) is 10.0 Å². The molecule has 1 unspecified atom stereocenters. The first-order valence-corrected chi connectivity index (χ1v) is 7.99. The van der Waals surface area contributed by atoms with Crippen molar-refractivity contribution in [1.82, 2.24) is 14.6 Å². The van der Waals surface area contributed by atoms with E-state index in [0.29, 0.717) is 19.5 Å². The second kappa shape index (κ2) is 6.35. The zero-order valence-electron chi connectivity index (χ0n) is 11.3. The number of rotatable bonds is 4. The van der Waals surface area contributed by atoms with Gasteiger partial charge in [-0.25, -0.2) is 22.6 Å². The van der Waals surface area contributed by atoms with Crippen molar-refractivity contribution in [3.05, 3.63) is 24.1 Å². The molecular formula is C12H17FN4O3S. The van der Waals surface area contributed by atoms with Crippen molar-refractivity contribution < 1.29 is 17.6 Å². The van der Waals surface area contributed by atoms with E-state index in [2.05, 4.69) is 10.3 Å². The fourth-order valence-electron chi connectivity index (χ4n) is 2.34. The first kappa shape index (κ1) is 15.6. The van der Waals surface area contributed by atoms with Gasteiger partial charge in [-0.3, -0.25) is 0 Å². The van der Waals surface area contributed by atoms with E-state index in [1.165, 1.54) is 16.6 Å². The minimum atomic E-state index is -3.96. The predicted molar refractivity (Wildman–Crippen MR) is 73.3 cm³/mol. The molecule has 21 heavy (non-hydrogen) atoms.